The number of ether oxygens (including phenoxy) is 1. The highest BCUT2D eigenvalue weighted by atomic mass is 16.6. The molecule has 0 saturated carbocycles. The Bertz CT molecular complexity index is 730. The second-order valence-corrected chi connectivity index (χ2v) is 5.47. The summed E-state index contributed by atoms with van der Waals surface area (Å²) in [6.07, 6.45) is -2.61. The van der Waals surface area contributed by atoms with Crippen LogP contribution in [0, 0.1) is 5.92 Å². The Labute approximate surface area is 148 Å². The van der Waals surface area contributed by atoms with Crippen molar-refractivity contribution in [3.8, 4) is 0 Å². The average molecular weight is 356 g/mol. The van der Waals surface area contributed by atoms with Crippen molar-refractivity contribution >= 4 is 23.7 Å². The van der Waals surface area contributed by atoms with Crippen molar-refractivity contribution in [3.63, 3.8) is 0 Å². The molecule has 7 heteroatoms. The molecule has 2 rings (SSSR count). The summed E-state index contributed by atoms with van der Waals surface area (Å²) < 4.78 is 4.89. The zero-order valence-corrected chi connectivity index (χ0v) is 13.6. The van der Waals surface area contributed by atoms with Gasteiger partial charge in [-0.05, 0) is 12.1 Å². The molecule has 0 radical (unpaired) electrons. The molecule has 0 spiro atoms. The highest BCUT2D eigenvalue weighted by molar-refractivity contribution is 5.99. The number of hydrogen-bond donors (Lipinski definition) is 2. The highest BCUT2D eigenvalue weighted by Crippen LogP contribution is 2.19. The summed E-state index contributed by atoms with van der Waals surface area (Å²) in [5.41, 5.74) is 0.328. The van der Waals surface area contributed by atoms with E-state index in [9.17, 15) is 29.4 Å². The van der Waals surface area contributed by atoms with E-state index in [1.807, 2.05) is 0 Å². The maximum atomic E-state index is 12.2. The van der Waals surface area contributed by atoms with Crippen molar-refractivity contribution in [1.82, 2.24) is 0 Å². The molecule has 2 aromatic carbocycles. The van der Waals surface area contributed by atoms with Crippen molar-refractivity contribution in [1.29, 1.82) is 0 Å². The van der Waals surface area contributed by atoms with Gasteiger partial charge in [0.2, 0.25) is 6.10 Å². The molecule has 0 aliphatic heterocycles. The van der Waals surface area contributed by atoms with E-state index < -0.39 is 42.1 Å². The number of ketones is 1. The normalized spacial score (nSPS) is 12.6. The highest BCUT2D eigenvalue weighted by Gasteiger charge is 2.39. The minimum Gasteiger partial charge on any atom is -0.481 e. The Morgan fingerprint density at radius 3 is 1.73 bits per heavy atom. The number of aliphatic carboxylic acids is 2. The average Bonchev–Trinajstić information content (AvgIpc) is 2.65. The van der Waals surface area contributed by atoms with Crippen LogP contribution in [0.1, 0.15) is 27.1 Å². The molecule has 0 fully saturated rings. The Morgan fingerprint density at radius 2 is 1.27 bits per heavy atom. The van der Waals surface area contributed by atoms with Crippen LogP contribution in [-0.4, -0.2) is 40.0 Å². The number of Topliss-reactive ketones (excluding diaryl/α,β-unsaturated/α-hetero) is 1. The first-order valence-electron chi connectivity index (χ1n) is 7.70. The maximum Gasteiger partial charge on any atom is 0.345 e. The Morgan fingerprint density at radius 1 is 0.769 bits per heavy atom. The SMILES string of the molecule is O=C(C[C@H](C(=O)O)[C@H](OC(=O)c1ccccc1)C(=O)O)c1ccccc1. The van der Waals surface area contributed by atoms with E-state index in [2.05, 4.69) is 0 Å². The zero-order valence-electron chi connectivity index (χ0n) is 13.6. The summed E-state index contributed by atoms with van der Waals surface area (Å²) in [7, 11) is 0. The number of rotatable bonds is 8. The second kappa shape index (κ2) is 8.57. The van der Waals surface area contributed by atoms with E-state index in [-0.39, 0.29) is 11.1 Å². The predicted molar refractivity (Wildman–Crippen MR) is 89.8 cm³/mol. The lowest BCUT2D eigenvalue weighted by molar-refractivity contribution is -0.159. The predicted octanol–water partition coefficient (Wildman–Crippen LogP) is 2.27. The van der Waals surface area contributed by atoms with Gasteiger partial charge in [-0.25, -0.2) is 9.59 Å². The molecular formula is C19H16O7. The third-order valence-electron chi connectivity index (χ3n) is 3.67. The van der Waals surface area contributed by atoms with Gasteiger partial charge in [-0.3, -0.25) is 9.59 Å². The van der Waals surface area contributed by atoms with Crippen LogP contribution in [0.4, 0.5) is 0 Å². The van der Waals surface area contributed by atoms with E-state index in [1.54, 1.807) is 36.4 Å². The Hall–Kier alpha value is -3.48. The number of carbonyl (C=O) groups is 4. The van der Waals surface area contributed by atoms with Gasteiger partial charge in [0, 0.05) is 12.0 Å². The fourth-order valence-electron chi connectivity index (χ4n) is 2.33. The van der Waals surface area contributed by atoms with E-state index in [0.29, 0.717) is 0 Å². The topological polar surface area (TPSA) is 118 Å². The molecule has 2 aromatic rings. The zero-order chi connectivity index (χ0) is 19.1. The minimum absolute atomic E-state index is 0.0808. The van der Waals surface area contributed by atoms with Gasteiger partial charge in [0.15, 0.2) is 5.78 Å². The standard InChI is InChI=1S/C19H16O7/c20-15(12-7-3-1-4-8-12)11-14(17(21)22)16(18(23)24)26-19(25)13-9-5-2-6-10-13/h1-10,14,16H,11H2,(H,21,22)(H,23,24)/t14-,16-/m0/s1. The van der Waals surface area contributed by atoms with Crippen LogP contribution in [0.2, 0.25) is 0 Å². The van der Waals surface area contributed by atoms with E-state index in [0.717, 1.165) is 0 Å². The summed E-state index contributed by atoms with van der Waals surface area (Å²) in [6, 6.07) is 15.5. The summed E-state index contributed by atoms with van der Waals surface area (Å²) in [5.74, 6) is -6.42. The van der Waals surface area contributed by atoms with E-state index >= 15 is 0 Å². The van der Waals surface area contributed by atoms with Gasteiger partial charge >= 0.3 is 17.9 Å². The van der Waals surface area contributed by atoms with Gasteiger partial charge in [0.1, 0.15) is 5.92 Å². The third kappa shape index (κ3) is 4.76. The first kappa shape index (κ1) is 18.9. The van der Waals surface area contributed by atoms with Gasteiger partial charge in [-0.15, -0.1) is 0 Å². The number of carboxylic acid groups (broad SMARTS) is 2. The van der Waals surface area contributed by atoms with Crippen LogP contribution in [0.25, 0.3) is 0 Å². The van der Waals surface area contributed by atoms with E-state index in [4.69, 9.17) is 4.74 Å². The molecule has 2 N–H and O–H groups in total. The van der Waals surface area contributed by atoms with Crippen LogP contribution in [-0.2, 0) is 14.3 Å². The van der Waals surface area contributed by atoms with Crippen molar-refractivity contribution < 1.29 is 34.1 Å². The number of benzene rings is 2. The molecule has 0 aromatic heterocycles. The van der Waals surface area contributed by atoms with Gasteiger partial charge in [0.05, 0.1) is 5.56 Å². The number of carbonyl (C=O) groups excluding carboxylic acids is 2. The molecular weight excluding hydrogens is 340 g/mol. The first-order chi connectivity index (χ1) is 12.4. The smallest absolute Gasteiger partial charge is 0.345 e. The van der Waals surface area contributed by atoms with Crippen LogP contribution >= 0.6 is 0 Å². The lowest BCUT2D eigenvalue weighted by Crippen LogP contribution is -2.40. The molecule has 2 atom stereocenters. The second-order valence-electron chi connectivity index (χ2n) is 5.47. The molecule has 0 bridgehead atoms. The molecule has 0 heterocycles. The number of carboxylic acids is 2. The monoisotopic (exact) mass is 356 g/mol. The molecule has 0 aliphatic carbocycles. The minimum atomic E-state index is -1.99. The van der Waals surface area contributed by atoms with Crippen molar-refractivity contribution in [2.45, 2.75) is 12.5 Å². The first-order valence-corrected chi connectivity index (χ1v) is 7.70. The fraction of sp³-hybridized carbons (Fsp3) is 0.158. The van der Waals surface area contributed by atoms with Crippen molar-refractivity contribution in [2.24, 2.45) is 5.92 Å². The van der Waals surface area contributed by atoms with Gasteiger partial charge in [0.25, 0.3) is 0 Å². The molecule has 0 saturated heterocycles. The molecule has 0 aliphatic rings. The molecule has 7 nitrogen and oxygen atoms in total. The van der Waals surface area contributed by atoms with Gasteiger partial charge < -0.3 is 14.9 Å². The van der Waals surface area contributed by atoms with Crippen molar-refractivity contribution in [2.75, 3.05) is 0 Å². The summed E-state index contributed by atoms with van der Waals surface area (Å²) in [5, 5.41) is 18.7. The van der Waals surface area contributed by atoms with E-state index in [1.165, 1.54) is 24.3 Å². The Balaban J connectivity index is 2.20. The largest absolute Gasteiger partial charge is 0.481 e. The van der Waals surface area contributed by atoms with Crippen LogP contribution in [0.5, 0.6) is 0 Å². The van der Waals surface area contributed by atoms with Gasteiger partial charge in [-0.1, -0.05) is 48.5 Å². The van der Waals surface area contributed by atoms with Crippen molar-refractivity contribution in [3.05, 3.63) is 71.8 Å². The van der Waals surface area contributed by atoms with Gasteiger partial charge in [-0.2, -0.15) is 0 Å². The summed E-state index contributed by atoms with van der Waals surface area (Å²) in [4.78, 5) is 47.3. The third-order valence-corrected chi connectivity index (χ3v) is 3.67. The van der Waals surface area contributed by atoms with Crippen LogP contribution in [0.15, 0.2) is 60.7 Å². The summed E-state index contributed by atoms with van der Waals surface area (Å²) >= 11 is 0. The van der Waals surface area contributed by atoms with Crippen LogP contribution in [0.3, 0.4) is 0 Å². The number of esters is 1. The summed E-state index contributed by atoms with van der Waals surface area (Å²) in [6.45, 7) is 0. The lowest BCUT2D eigenvalue weighted by Gasteiger charge is -2.20. The quantitative estimate of drug-likeness (QED) is 0.550. The molecule has 134 valence electrons. The lowest BCUT2D eigenvalue weighted by atomic mass is 9.93. The van der Waals surface area contributed by atoms with Crippen LogP contribution < -0.4 is 0 Å². The fourth-order valence-corrected chi connectivity index (χ4v) is 2.33. The molecule has 0 unspecified atom stereocenters. The molecule has 0 amide bonds. The Kier molecular flexibility index (Phi) is 6.21. The molecule has 26 heavy (non-hydrogen) atoms. The number of hydrogen-bond acceptors (Lipinski definition) is 5. The maximum absolute atomic E-state index is 12.2.